The number of hydrogen-bond acceptors (Lipinski definition) is 3. The quantitative estimate of drug-likeness (QED) is 0.903. The van der Waals surface area contributed by atoms with Crippen molar-refractivity contribution in [1.82, 2.24) is 4.98 Å². The zero-order valence-electron chi connectivity index (χ0n) is 12.8. The number of pyridine rings is 1. The minimum atomic E-state index is -0.239. The van der Waals surface area contributed by atoms with Crippen LogP contribution in [0, 0.1) is 5.82 Å². The Morgan fingerprint density at radius 2 is 1.95 bits per heavy atom. The highest BCUT2D eigenvalue weighted by atomic mass is 19.1. The predicted octanol–water partition coefficient (Wildman–Crippen LogP) is 3.59. The first-order chi connectivity index (χ1) is 9.90. The molecule has 1 aromatic heterocycles. The molecule has 0 aliphatic heterocycles. The first kappa shape index (κ1) is 15.4. The average molecular weight is 287 g/mol. The predicted molar refractivity (Wildman–Crippen MR) is 84.6 cm³/mol. The van der Waals surface area contributed by atoms with E-state index >= 15 is 0 Å². The van der Waals surface area contributed by atoms with Crippen LogP contribution in [0.3, 0.4) is 0 Å². The lowest BCUT2D eigenvalue weighted by Crippen LogP contribution is -2.12. The molecule has 4 heteroatoms. The molecule has 0 saturated carbocycles. The van der Waals surface area contributed by atoms with Crippen LogP contribution < -0.4 is 11.1 Å². The van der Waals surface area contributed by atoms with Gasteiger partial charge in [-0.3, -0.25) is 0 Å². The summed E-state index contributed by atoms with van der Waals surface area (Å²) in [5.74, 6) is 0.502. The Hall–Kier alpha value is -1.94. The molecule has 1 aromatic carbocycles. The summed E-state index contributed by atoms with van der Waals surface area (Å²) in [6, 6.07) is 9.05. The van der Waals surface area contributed by atoms with Crippen molar-refractivity contribution >= 4 is 5.82 Å². The molecule has 112 valence electrons. The average Bonchev–Trinajstić information content (AvgIpc) is 2.45. The summed E-state index contributed by atoms with van der Waals surface area (Å²) in [7, 11) is 0. The second kappa shape index (κ2) is 6.22. The topological polar surface area (TPSA) is 50.9 Å². The maximum Gasteiger partial charge on any atom is 0.128 e. The largest absolute Gasteiger partial charge is 0.366 e. The van der Waals surface area contributed by atoms with Crippen LogP contribution >= 0.6 is 0 Å². The number of benzene rings is 1. The van der Waals surface area contributed by atoms with Gasteiger partial charge >= 0.3 is 0 Å². The van der Waals surface area contributed by atoms with Crippen LogP contribution in [0.4, 0.5) is 10.2 Å². The van der Waals surface area contributed by atoms with Gasteiger partial charge < -0.3 is 11.1 Å². The summed E-state index contributed by atoms with van der Waals surface area (Å²) >= 11 is 0. The number of nitrogens with one attached hydrogen (secondary N) is 1. The molecule has 0 amide bonds. The highest BCUT2D eigenvalue weighted by molar-refractivity contribution is 5.38. The van der Waals surface area contributed by atoms with Gasteiger partial charge in [0.2, 0.25) is 0 Å². The Labute approximate surface area is 125 Å². The molecule has 0 aliphatic rings. The fourth-order valence-electron chi connectivity index (χ4n) is 1.99. The number of aromatic nitrogens is 1. The molecule has 0 atom stereocenters. The maximum atomic E-state index is 13.8. The molecule has 3 nitrogen and oxygen atoms in total. The van der Waals surface area contributed by atoms with E-state index in [9.17, 15) is 4.39 Å². The van der Waals surface area contributed by atoms with Crippen molar-refractivity contribution in [1.29, 1.82) is 0 Å². The zero-order valence-corrected chi connectivity index (χ0v) is 12.8. The van der Waals surface area contributed by atoms with Gasteiger partial charge in [-0.2, -0.15) is 0 Å². The Morgan fingerprint density at radius 3 is 2.48 bits per heavy atom. The fraction of sp³-hybridized carbons (Fsp3) is 0.353. The summed E-state index contributed by atoms with van der Waals surface area (Å²) in [4.78, 5) is 4.37. The lowest BCUT2D eigenvalue weighted by molar-refractivity contribution is 0.587. The van der Waals surface area contributed by atoms with E-state index in [1.807, 2.05) is 24.4 Å². The van der Waals surface area contributed by atoms with E-state index in [2.05, 4.69) is 31.1 Å². The van der Waals surface area contributed by atoms with Gasteiger partial charge in [-0.25, -0.2) is 9.37 Å². The maximum absolute atomic E-state index is 13.8. The molecule has 2 aromatic rings. The Balaban J connectivity index is 2.03. The van der Waals surface area contributed by atoms with Gasteiger partial charge in [0.25, 0.3) is 0 Å². The third kappa shape index (κ3) is 4.02. The van der Waals surface area contributed by atoms with Crippen LogP contribution in [0.2, 0.25) is 0 Å². The van der Waals surface area contributed by atoms with Crippen LogP contribution in [-0.4, -0.2) is 4.98 Å². The van der Waals surface area contributed by atoms with Gasteiger partial charge in [-0.15, -0.1) is 0 Å². The molecule has 0 unspecified atom stereocenters. The lowest BCUT2D eigenvalue weighted by Gasteiger charge is -2.18. The second-order valence-corrected chi connectivity index (χ2v) is 6.17. The van der Waals surface area contributed by atoms with Crippen molar-refractivity contribution in [3.8, 4) is 0 Å². The molecule has 21 heavy (non-hydrogen) atoms. The second-order valence-electron chi connectivity index (χ2n) is 6.17. The molecule has 1 heterocycles. The van der Waals surface area contributed by atoms with Crippen LogP contribution in [-0.2, 0) is 18.5 Å². The molecule has 2 rings (SSSR count). The SMILES string of the molecule is CC(C)(C)c1ccc(NCc2ccc(CN)cc2F)nc1. The Kier molecular flexibility index (Phi) is 4.58. The first-order valence-corrected chi connectivity index (χ1v) is 7.08. The fourth-order valence-corrected chi connectivity index (χ4v) is 1.99. The van der Waals surface area contributed by atoms with Gasteiger partial charge in [-0.05, 0) is 28.7 Å². The van der Waals surface area contributed by atoms with E-state index < -0.39 is 0 Å². The normalized spacial score (nSPS) is 11.5. The third-order valence-corrected chi connectivity index (χ3v) is 3.44. The number of anilines is 1. The van der Waals surface area contributed by atoms with Crippen molar-refractivity contribution in [3.63, 3.8) is 0 Å². The summed E-state index contributed by atoms with van der Waals surface area (Å²) in [5, 5.41) is 3.14. The molecule has 0 aliphatic carbocycles. The molecule has 0 fully saturated rings. The summed E-state index contributed by atoms with van der Waals surface area (Å²) < 4.78 is 13.8. The van der Waals surface area contributed by atoms with Crippen molar-refractivity contribution in [2.24, 2.45) is 5.73 Å². The van der Waals surface area contributed by atoms with Crippen molar-refractivity contribution in [3.05, 3.63) is 59.0 Å². The molecule has 0 spiro atoms. The number of nitrogens with zero attached hydrogens (tertiary/aromatic N) is 1. The van der Waals surface area contributed by atoms with E-state index in [1.54, 1.807) is 6.07 Å². The van der Waals surface area contributed by atoms with Crippen molar-refractivity contribution in [2.75, 3.05) is 5.32 Å². The van der Waals surface area contributed by atoms with Crippen molar-refractivity contribution in [2.45, 2.75) is 39.3 Å². The molecular formula is C17H22FN3. The van der Waals surface area contributed by atoms with Gasteiger partial charge in [0.15, 0.2) is 0 Å². The smallest absolute Gasteiger partial charge is 0.128 e. The summed E-state index contributed by atoms with van der Waals surface area (Å²) in [6.45, 7) is 7.18. The minimum Gasteiger partial charge on any atom is -0.366 e. The van der Waals surface area contributed by atoms with E-state index in [4.69, 9.17) is 5.73 Å². The molecule has 3 N–H and O–H groups in total. The van der Waals surface area contributed by atoms with Crippen LogP contribution in [0.25, 0.3) is 0 Å². The molecule has 0 saturated heterocycles. The number of nitrogens with two attached hydrogens (primary N) is 1. The number of hydrogen-bond donors (Lipinski definition) is 2. The Morgan fingerprint density at radius 1 is 1.19 bits per heavy atom. The highest BCUT2D eigenvalue weighted by Crippen LogP contribution is 2.22. The van der Waals surface area contributed by atoms with Gasteiger partial charge in [-0.1, -0.05) is 39.0 Å². The van der Waals surface area contributed by atoms with Crippen LogP contribution in [0.1, 0.15) is 37.5 Å². The van der Waals surface area contributed by atoms with Crippen molar-refractivity contribution < 1.29 is 4.39 Å². The lowest BCUT2D eigenvalue weighted by atomic mass is 9.88. The van der Waals surface area contributed by atoms with Gasteiger partial charge in [0.1, 0.15) is 11.6 Å². The molecule has 0 bridgehead atoms. The van der Waals surface area contributed by atoms with Gasteiger partial charge in [0.05, 0.1) is 0 Å². The highest BCUT2D eigenvalue weighted by Gasteiger charge is 2.13. The van der Waals surface area contributed by atoms with E-state index in [-0.39, 0.29) is 11.2 Å². The Bertz CT molecular complexity index is 600. The summed E-state index contributed by atoms with van der Waals surface area (Å²) in [5.41, 5.74) is 8.14. The van der Waals surface area contributed by atoms with E-state index in [0.717, 1.165) is 11.4 Å². The molecular weight excluding hydrogens is 265 g/mol. The number of rotatable bonds is 4. The zero-order chi connectivity index (χ0) is 15.5. The monoisotopic (exact) mass is 287 g/mol. The first-order valence-electron chi connectivity index (χ1n) is 7.08. The third-order valence-electron chi connectivity index (χ3n) is 3.44. The molecule has 0 radical (unpaired) electrons. The number of halogens is 1. The van der Waals surface area contributed by atoms with E-state index in [0.29, 0.717) is 18.7 Å². The van der Waals surface area contributed by atoms with E-state index in [1.165, 1.54) is 11.6 Å². The summed E-state index contributed by atoms with van der Waals surface area (Å²) in [6.07, 6.45) is 1.86. The minimum absolute atomic E-state index is 0.0791. The van der Waals surface area contributed by atoms with Crippen LogP contribution in [0.15, 0.2) is 36.5 Å². The standard InChI is InChI=1S/C17H22FN3/c1-17(2,3)14-6-7-16(21-11-14)20-10-13-5-4-12(9-19)8-15(13)18/h4-8,11H,9-10,19H2,1-3H3,(H,20,21). The van der Waals surface area contributed by atoms with Crippen LogP contribution in [0.5, 0.6) is 0 Å². The van der Waals surface area contributed by atoms with Gasteiger partial charge in [0, 0.05) is 24.8 Å².